The number of nitrogens with zero attached hydrogens (tertiary/aromatic N) is 4. The molecule has 4 N–H and O–H groups in total. The highest BCUT2D eigenvalue weighted by molar-refractivity contribution is 7.26. The minimum atomic E-state index is -0.423. The molecular formula is C15H12N6OS. The summed E-state index contributed by atoms with van der Waals surface area (Å²) in [6.07, 6.45) is 4.99. The Morgan fingerprint density at radius 3 is 2.96 bits per heavy atom. The van der Waals surface area contributed by atoms with E-state index >= 15 is 0 Å². The molecule has 0 saturated heterocycles. The molecule has 0 fully saturated rings. The van der Waals surface area contributed by atoms with Gasteiger partial charge in [0.2, 0.25) is 5.91 Å². The van der Waals surface area contributed by atoms with Gasteiger partial charge in [-0.2, -0.15) is 5.10 Å². The summed E-state index contributed by atoms with van der Waals surface area (Å²) in [6.45, 7) is 0.0667. The van der Waals surface area contributed by atoms with Gasteiger partial charge < -0.3 is 11.5 Å². The number of fused-ring (bicyclic) bond motifs is 3. The predicted octanol–water partition coefficient (Wildman–Crippen LogP) is 1.78. The number of anilines is 1. The molecule has 7 nitrogen and oxygen atoms in total. The molecule has 0 spiro atoms. The number of rotatable bonds is 3. The summed E-state index contributed by atoms with van der Waals surface area (Å²) in [6, 6.07) is 6.08. The minimum absolute atomic E-state index is 0.0667. The third kappa shape index (κ3) is 2.29. The van der Waals surface area contributed by atoms with E-state index in [4.69, 9.17) is 11.5 Å². The Morgan fingerprint density at radius 1 is 1.26 bits per heavy atom. The maximum atomic E-state index is 11.0. The first-order chi connectivity index (χ1) is 11.1. The molecule has 0 unspecified atom stereocenters. The van der Waals surface area contributed by atoms with E-state index < -0.39 is 5.91 Å². The van der Waals surface area contributed by atoms with E-state index in [2.05, 4.69) is 21.1 Å². The number of hydrogen-bond acceptors (Lipinski definition) is 6. The van der Waals surface area contributed by atoms with Gasteiger partial charge >= 0.3 is 0 Å². The van der Waals surface area contributed by atoms with Crippen LogP contribution in [0.3, 0.4) is 0 Å². The fourth-order valence-corrected chi connectivity index (χ4v) is 3.63. The van der Waals surface area contributed by atoms with Crippen LogP contribution in [0.4, 0.5) is 5.82 Å². The van der Waals surface area contributed by atoms with Crippen molar-refractivity contribution in [3.05, 3.63) is 36.9 Å². The Balaban J connectivity index is 1.82. The van der Waals surface area contributed by atoms with Crippen molar-refractivity contribution in [2.75, 3.05) is 5.73 Å². The Kier molecular flexibility index (Phi) is 2.98. The van der Waals surface area contributed by atoms with Crippen LogP contribution >= 0.6 is 11.3 Å². The summed E-state index contributed by atoms with van der Waals surface area (Å²) in [5.41, 5.74) is 13.9. The lowest BCUT2D eigenvalue weighted by Gasteiger charge is -1.98. The highest BCUT2D eigenvalue weighted by Gasteiger charge is 2.11. The molecule has 4 rings (SSSR count). The van der Waals surface area contributed by atoms with Crippen LogP contribution in [0.5, 0.6) is 0 Å². The van der Waals surface area contributed by atoms with Crippen molar-refractivity contribution in [1.82, 2.24) is 19.7 Å². The van der Waals surface area contributed by atoms with Crippen LogP contribution in [-0.2, 0) is 11.3 Å². The van der Waals surface area contributed by atoms with Crippen LogP contribution in [0.25, 0.3) is 31.4 Å². The zero-order valence-corrected chi connectivity index (χ0v) is 12.7. The molecule has 8 heteroatoms. The minimum Gasteiger partial charge on any atom is -0.382 e. The fourth-order valence-electron chi connectivity index (χ4n) is 2.53. The first kappa shape index (κ1) is 13.6. The molecule has 0 aliphatic carbocycles. The lowest BCUT2D eigenvalue weighted by Crippen LogP contribution is -2.18. The van der Waals surface area contributed by atoms with E-state index in [1.165, 1.54) is 11.0 Å². The van der Waals surface area contributed by atoms with Crippen LogP contribution in [0.2, 0.25) is 0 Å². The van der Waals surface area contributed by atoms with Crippen LogP contribution in [-0.4, -0.2) is 25.7 Å². The van der Waals surface area contributed by atoms with Crippen molar-refractivity contribution in [3.8, 4) is 11.1 Å². The predicted molar refractivity (Wildman–Crippen MR) is 89.7 cm³/mol. The highest BCUT2D eigenvalue weighted by Crippen LogP contribution is 2.36. The third-order valence-electron chi connectivity index (χ3n) is 3.56. The fraction of sp³-hybridized carbons (Fsp3) is 0.0667. The van der Waals surface area contributed by atoms with Gasteiger partial charge in [0.25, 0.3) is 0 Å². The van der Waals surface area contributed by atoms with Gasteiger partial charge in [0.1, 0.15) is 18.7 Å². The molecule has 0 bridgehead atoms. The van der Waals surface area contributed by atoms with Crippen molar-refractivity contribution in [2.45, 2.75) is 6.54 Å². The number of primary amides is 1. The van der Waals surface area contributed by atoms with Crippen molar-refractivity contribution < 1.29 is 4.79 Å². The number of benzene rings is 1. The second-order valence-corrected chi connectivity index (χ2v) is 6.19. The molecular weight excluding hydrogens is 312 g/mol. The van der Waals surface area contributed by atoms with Crippen molar-refractivity contribution in [3.63, 3.8) is 0 Å². The smallest absolute Gasteiger partial charge is 0.239 e. The molecule has 23 heavy (non-hydrogen) atoms. The van der Waals surface area contributed by atoms with Gasteiger partial charge in [0, 0.05) is 21.8 Å². The molecule has 0 aliphatic heterocycles. The largest absolute Gasteiger partial charge is 0.382 e. The monoisotopic (exact) mass is 324 g/mol. The van der Waals surface area contributed by atoms with E-state index in [1.54, 1.807) is 23.7 Å². The maximum absolute atomic E-state index is 11.0. The molecule has 0 aliphatic rings. The molecule has 114 valence electrons. The maximum Gasteiger partial charge on any atom is 0.239 e. The zero-order valence-electron chi connectivity index (χ0n) is 11.9. The quantitative estimate of drug-likeness (QED) is 0.596. The van der Waals surface area contributed by atoms with E-state index in [0.717, 1.165) is 31.4 Å². The molecule has 1 aromatic carbocycles. The summed E-state index contributed by atoms with van der Waals surface area (Å²) in [5, 5.41) is 5.20. The van der Waals surface area contributed by atoms with Gasteiger partial charge in [0.05, 0.1) is 16.4 Å². The molecule has 3 aromatic heterocycles. The number of nitrogen functional groups attached to an aromatic ring is 1. The van der Waals surface area contributed by atoms with Gasteiger partial charge in [-0.1, -0.05) is 12.1 Å². The standard InChI is InChI=1S/C15H12N6OS/c16-12(22)6-21-5-9(4-20-21)8-1-2-10-11(3-8)23-14-13(10)18-7-19-15(14)17/h1-5,7H,6H2,(H2,16,22)(H2,17,18,19). The number of aromatic nitrogens is 4. The Bertz CT molecular complexity index is 1050. The molecule has 4 aromatic rings. The van der Waals surface area contributed by atoms with Crippen LogP contribution in [0.15, 0.2) is 36.9 Å². The van der Waals surface area contributed by atoms with Crippen molar-refractivity contribution in [1.29, 1.82) is 0 Å². The topological polar surface area (TPSA) is 113 Å². The van der Waals surface area contributed by atoms with Gasteiger partial charge in [-0.25, -0.2) is 9.97 Å². The molecule has 1 amide bonds. The normalized spacial score (nSPS) is 11.3. The number of amides is 1. The van der Waals surface area contributed by atoms with Crippen molar-refractivity contribution in [2.24, 2.45) is 5.73 Å². The summed E-state index contributed by atoms with van der Waals surface area (Å²) in [4.78, 5) is 19.3. The Hall–Kier alpha value is -3.00. The first-order valence-corrected chi connectivity index (χ1v) is 7.67. The molecule has 0 saturated carbocycles. The summed E-state index contributed by atoms with van der Waals surface area (Å²) >= 11 is 1.56. The first-order valence-electron chi connectivity index (χ1n) is 6.85. The number of nitrogens with two attached hydrogens (primary N) is 2. The summed E-state index contributed by atoms with van der Waals surface area (Å²) in [5.74, 6) is 0.0701. The number of carbonyl (C=O) groups is 1. The average Bonchev–Trinajstić information content (AvgIpc) is 3.11. The second-order valence-electron chi connectivity index (χ2n) is 5.14. The zero-order chi connectivity index (χ0) is 16.0. The van der Waals surface area contributed by atoms with Crippen LogP contribution in [0, 0.1) is 0 Å². The van der Waals surface area contributed by atoms with E-state index in [0.29, 0.717) is 5.82 Å². The average molecular weight is 324 g/mol. The van der Waals surface area contributed by atoms with Gasteiger partial charge in [-0.05, 0) is 11.6 Å². The second kappa shape index (κ2) is 5.03. The van der Waals surface area contributed by atoms with Gasteiger partial charge in [-0.15, -0.1) is 11.3 Å². The lowest BCUT2D eigenvalue weighted by molar-refractivity contribution is -0.118. The number of carbonyl (C=O) groups excluding carboxylic acids is 1. The number of thiophene rings is 1. The summed E-state index contributed by atoms with van der Waals surface area (Å²) < 4.78 is 3.49. The van der Waals surface area contributed by atoms with E-state index in [-0.39, 0.29) is 6.54 Å². The Labute approximate surface area is 134 Å². The molecule has 3 heterocycles. The highest BCUT2D eigenvalue weighted by atomic mass is 32.1. The third-order valence-corrected chi connectivity index (χ3v) is 4.73. The van der Waals surface area contributed by atoms with Gasteiger partial charge in [0.15, 0.2) is 0 Å². The van der Waals surface area contributed by atoms with E-state index in [9.17, 15) is 4.79 Å². The van der Waals surface area contributed by atoms with Crippen LogP contribution < -0.4 is 11.5 Å². The summed E-state index contributed by atoms with van der Waals surface area (Å²) in [7, 11) is 0. The van der Waals surface area contributed by atoms with Crippen molar-refractivity contribution >= 4 is 43.4 Å². The molecule has 0 atom stereocenters. The Morgan fingerprint density at radius 2 is 2.13 bits per heavy atom. The lowest BCUT2D eigenvalue weighted by atomic mass is 10.1. The SMILES string of the molecule is NC(=O)Cn1cc(-c2ccc3c(c2)sc2c(N)ncnc23)cn1. The number of hydrogen-bond donors (Lipinski definition) is 2. The van der Waals surface area contributed by atoms with E-state index in [1.807, 2.05) is 12.1 Å². The molecule has 0 radical (unpaired) electrons. The van der Waals surface area contributed by atoms with Crippen LogP contribution in [0.1, 0.15) is 0 Å². The van der Waals surface area contributed by atoms with Gasteiger partial charge in [-0.3, -0.25) is 9.48 Å².